The van der Waals surface area contributed by atoms with Gasteiger partial charge >= 0.3 is 11.9 Å². The van der Waals surface area contributed by atoms with Gasteiger partial charge in [0.1, 0.15) is 17.0 Å². The summed E-state index contributed by atoms with van der Waals surface area (Å²) in [6, 6.07) is 4.20. The molecule has 1 unspecified atom stereocenters. The maximum absolute atomic E-state index is 14.3. The second-order valence-corrected chi connectivity index (χ2v) is 12.1. The minimum Gasteiger partial charge on any atom is -0.459 e. The van der Waals surface area contributed by atoms with E-state index >= 15 is 0 Å². The number of hydrogen-bond acceptors (Lipinski definition) is 7. The van der Waals surface area contributed by atoms with Crippen molar-refractivity contribution in [2.45, 2.75) is 96.4 Å². The van der Waals surface area contributed by atoms with E-state index in [0.29, 0.717) is 11.3 Å². The molecule has 2 aliphatic rings. The van der Waals surface area contributed by atoms with Crippen LogP contribution in [0.1, 0.15) is 79.2 Å². The molecular formula is C27H42FN3O4. The van der Waals surface area contributed by atoms with Crippen LogP contribution in [0.2, 0.25) is 0 Å². The lowest BCUT2D eigenvalue weighted by atomic mass is 9.92. The molecule has 0 amide bonds. The summed E-state index contributed by atoms with van der Waals surface area (Å²) in [4.78, 5) is 28.9. The van der Waals surface area contributed by atoms with Crippen molar-refractivity contribution < 1.29 is 23.5 Å². The molecule has 0 saturated carbocycles. The Bertz CT molecular complexity index is 880. The molecule has 7 nitrogen and oxygen atoms in total. The van der Waals surface area contributed by atoms with E-state index in [1.807, 2.05) is 0 Å². The highest BCUT2D eigenvalue weighted by atomic mass is 19.1. The fourth-order valence-corrected chi connectivity index (χ4v) is 4.83. The molecule has 35 heavy (non-hydrogen) atoms. The topological polar surface area (TPSA) is 79.9 Å². The van der Waals surface area contributed by atoms with Gasteiger partial charge in [-0.2, -0.15) is 0 Å². The van der Waals surface area contributed by atoms with Crippen molar-refractivity contribution in [3.8, 4) is 0 Å². The Balaban J connectivity index is 1.83. The highest BCUT2D eigenvalue weighted by Crippen LogP contribution is 2.33. The average molecular weight is 492 g/mol. The predicted octanol–water partition coefficient (Wildman–Crippen LogP) is 4.22. The number of halogens is 1. The first-order valence-corrected chi connectivity index (χ1v) is 12.6. The van der Waals surface area contributed by atoms with Gasteiger partial charge in [0.25, 0.3) is 0 Å². The highest BCUT2D eigenvalue weighted by molar-refractivity contribution is 6.02. The van der Waals surface area contributed by atoms with Crippen LogP contribution < -0.4 is 10.6 Å². The zero-order chi connectivity index (χ0) is 26.0. The number of piperidine rings is 1. The molecule has 8 heteroatoms. The van der Waals surface area contributed by atoms with Crippen molar-refractivity contribution in [1.29, 1.82) is 0 Å². The van der Waals surface area contributed by atoms with Crippen LogP contribution in [-0.4, -0.2) is 65.8 Å². The molecule has 1 aromatic carbocycles. The standard InChI is InChI=1S/C27H42FN3O4/c1-25(2,3)34-23(32)22(24(33)35-26(4,5)6)20-9-8-18(28)16-21(20)30-19-10-14-31(15-11-19)27(7)12-13-29-17-27/h8-9,16,19,22,29-30H,10-15,17H2,1-7H3. The van der Waals surface area contributed by atoms with Gasteiger partial charge < -0.3 is 20.1 Å². The Kier molecular flexibility index (Phi) is 8.16. The van der Waals surface area contributed by atoms with Crippen molar-refractivity contribution >= 4 is 17.6 Å². The molecule has 196 valence electrons. The van der Waals surface area contributed by atoms with E-state index in [-0.39, 0.29) is 11.6 Å². The Hall–Kier alpha value is -2.19. The maximum atomic E-state index is 14.3. The molecule has 2 N–H and O–H groups in total. The Labute approximate surface area is 209 Å². The Morgan fingerprint density at radius 3 is 2.14 bits per heavy atom. The van der Waals surface area contributed by atoms with Gasteiger partial charge in [-0.1, -0.05) is 6.07 Å². The van der Waals surface area contributed by atoms with Crippen molar-refractivity contribution in [1.82, 2.24) is 10.2 Å². The van der Waals surface area contributed by atoms with E-state index in [1.165, 1.54) is 18.2 Å². The molecule has 3 rings (SSSR count). The van der Waals surface area contributed by atoms with Crippen LogP contribution in [0.4, 0.5) is 10.1 Å². The van der Waals surface area contributed by atoms with E-state index in [4.69, 9.17) is 9.47 Å². The second kappa shape index (κ2) is 10.4. The molecule has 0 aliphatic carbocycles. The van der Waals surface area contributed by atoms with Gasteiger partial charge in [0, 0.05) is 42.5 Å². The van der Waals surface area contributed by atoms with Gasteiger partial charge in [-0.25, -0.2) is 4.39 Å². The Morgan fingerprint density at radius 2 is 1.66 bits per heavy atom. The third-order valence-corrected chi connectivity index (χ3v) is 6.58. The van der Waals surface area contributed by atoms with Crippen LogP contribution >= 0.6 is 0 Å². The lowest BCUT2D eigenvalue weighted by Crippen LogP contribution is -2.53. The number of rotatable bonds is 6. The number of carbonyl (C=O) groups is 2. The van der Waals surface area contributed by atoms with Crippen LogP contribution in [-0.2, 0) is 19.1 Å². The summed E-state index contributed by atoms with van der Waals surface area (Å²) < 4.78 is 25.5. The number of carbonyl (C=O) groups excluding carboxylic acids is 2. The van der Waals surface area contributed by atoms with Crippen LogP contribution in [0.15, 0.2) is 18.2 Å². The van der Waals surface area contributed by atoms with E-state index in [2.05, 4.69) is 22.5 Å². The molecule has 0 radical (unpaired) electrons. The number of ether oxygens (including phenoxy) is 2. The van der Waals surface area contributed by atoms with Gasteiger partial charge in [0.05, 0.1) is 0 Å². The first-order chi connectivity index (χ1) is 16.2. The molecule has 0 aromatic heterocycles. The lowest BCUT2D eigenvalue weighted by Gasteiger charge is -2.43. The summed E-state index contributed by atoms with van der Waals surface area (Å²) in [6.07, 6.45) is 2.90. The first-order valence-electron chi connectivity index (χ1n) is 12.6. The summed E-state index contributed by atoms with van der Waals surface area (Å²) in [7, 11) is 0. The van der Waals surface area contributed by atoms with Gasteiger partial charge in [-0.05, 0) is 86.4 Å². The zero-order valence-electron chi connectivity index (χ0n) is 22.3. The maximum Gasteiger partial charge on any atom is 0.325 e. The largest absolute Gasteiger partial charge is 0.459 e. The summed E-state index contributed by atoms with van der Waals surface area (Å²) in [5.41, 5.74) is -0.609. The van der Waals surface area contributed by atoms with Gasteiger partial charge in [-0.15, -0.1) is 0 Å². The number of nitrogens with zero attached hydrogens (tertiary/aromatic N) is 1. The quantitative estimate of drug-likeness (QED) is 0.456. The smallest absolute Gasteiger partial charge is 0.325 e. The molecule has 1 atom stereocenters. The molecule has 0 bridgehead atoms. The zero-order valence-corrected chi connectivity index (χ0v) is 22.3. The molecule has 2 fully saturated rings. The molecule has 0 spiro atoms. The van der Waals surface area contributed by atoms with E-state index < -0.39 is 34.9 Å². The van der Waals surface area contributed by atoms with E-state index in [9.17, 15) is 14.0 Å². The first kappa shape index (κ1) is 27.4. The summed E-state index contributed by atoms with van der Waals surface area (Å²) in [5.74, 6) is -3.18. The highest BCUT2D eigenvalue weighted by Gasteiger charge is 2.39. The fraction of sp³-hybridized carbons (Fsp3) is 0.704. The SMILES string of the molecule is CC(C)(C)OC(=O)C(C(=O)OC(C)(C)C)c1ccc(F)cc1NC1CCN(C2(C)CCNC2)CC1. The summed E-state index contributed by atoms with van der Waals surface area (Å²) in [6.45, 7) is 16.7. The van der Waals surface area contributed by atoms with Crippen LogP contribution in [0.25, 0.3) is 0 Å². The number of esters is 2. The van der Waals surface area contributed by atoms with Crippen LogP contribution in [0.5, 0.6) is 0 Å². The van der Waals surface area contributed by atoms with Crippen LogP contribution in [0.3, 0.4) is 0 Å². The minimum atomic E-state index is -1.32. The van der Waals surface area contributed by atoms with E-state index in [0.717, 1.165) is 45.4 Å². The summed E-state index contributed by atoms with van der Waals surface area (Å²) in [5, 5.41) is 6.89. The normalized spacial score (nSPS) is 22.3. The molecule has 2 heterocycles. The molecule has 2 aliphatic heterocycles. The minimum absolute atomic E-state index is 0.0997. The molecular weight excluding hydrogens is 449 g/mol. The summed E-state index contributed by atoms with van der Waals surface area (Å²) >= 11 is 0. The third-order valence-electron chi connectivity index (χ3n) is 6.58. The number of anilines is 1. The van der Waals surface area contributed by atoms with Crippen molar-refractivity contribution in [2.75, 3.05) is 31.5 Å². The third kappa shape index (κ3) is 7.40. The van der Waals surface area contributed by atoms with E-state index in [1.54, 1.807) is 41.5 Å². The Morgan fingerprint density at radius 1 is 1.09 bits per heavy atom. The van der Waals surface area contributed by atoms with Crippen molar-refractivity contribution in [2.24, 2.45) is 0 Å². The number of hydrogen-bond donors (Lipinski definition) is 2. The van der Waals surface area contributed by atoms with Gasteiger partial charge in [-0.3, -0.25) is 14.5 Å². The predicted molar refractivity (Wildman–Crippen MR) is 135 cm³/mol. The van der Waals surface area contributed by atoms with Gasteiger partial charge in [0.2, 0.25) is 0 Å². The lowest BCUT2D eigenvalue weighted by molar-refractivity contribution is -0.169. The number of nitrogens with one attached hydrogen (secondary N) is 2. The second-order valence-electron chi connectivity index (χ2n) is 12.1. The van der Waals surface area contributed by atoms with Gasteiger partial charge in [0.15, 0.2) is 5.92 Å². The van der Waals surface area contributed by atoms with Crippen molar-refractivity contribution in [3.05, 3.63) is 29.6 Å². The van der Waals surface area contributed by atoms with Crippen molar-refractivity contribution in [3.63, 3.8) is 0 Å². The number of benzene rings is 1. The monoisotopic (exact) mass is 491 g/mol. The van der Waals surface area contributed by atoms with Crippen LogP contribution in [0, 0.1) is 5.82 Å². The molecule has 1 aromatic rings. The fourth-order valence-electron chi connectivity index (χ4n) is 4.83. The number of likely N-dealkylation sites (tertiary alicyclic amines) is 1. The average Bonchev–Trinajstić information content (AvgIpc) is 3.15. The molecule has 2 saturated heterocycles.